The second kappa shape index (κ2) is 6.37. The fourth-order valence-corrected chi connectivity index (χ4v) is 3.99. The third-order valence-corrected chi connectivity index (χ3v) is 5.61. The Morgan fingerprint density at radius 3 is 2.86 bits per heavy atom. The van der Waals surface area contributed by atoms with E-state index in [0.29, 0.717) is 23.9 Å². The summed E-state index contributed by atoms with van der Waals surface area (Å²) in [6, 6.07) is 0. The summed E-state index contributed by atoms with van der Waals surface area (Å²) in [6.45, 7) is 13.1. The van der Waals surface area contributed by atoms with Crippen LogP contribution in [0.4, 0.5) is 0 Å². The van der Waals surface area contributed by atoms with Crippen molar-refractivity contribution in [2.24, 2.45) is 23.2 Å². The van der Waals surface area contributed by atoms with Crippen LogP contribution >= 0.6 is 0 Å². The lowest BCUT2D eigenvalue weighted by molar-refractivity contribution is -0.146. The first-order valence-electron chi connectivity index (χ1n) is 8.34. The van der Waals surface area contributed by atoms with E-state index in [1.54, 1.807) is 5.57 Å². The Hall–Kier alpha value is -1.05. The SMILES string of the molecule is C=C(COC(=O)C(C)C)C1CCC2(C)CCC=C(C)C2C1. The van der Waals surface area contributed by atoms with E-state index < -0.39 is 0 Å². The van der Waals surface area contributed by atoms with E-state index in [1.165, 1.54) is 32.1 Å². The van der Waals surface area contributed by atoms with Gasteiger partial charge in [0.05, 0.1) is 5.92 Å². The fourth-order valence-electron chi connectivity index (χ4n) is 3.99. The molecule has 1 fully saturated rings. The van der Waals surface area contributed by atoms with Gasteiger partial charge in [-0.15, -0.1) is 0 Å². The van der Waals surface area contributed by atoms with Crippen LogP contribution < -0.4 is 0 Å². The second-order valence-corrected chi connectivity index (χ2v) is 7.59. The molecule has 0 amide bonds. The van der Waals surface area contributed by atoms with Gasteiger partial charge in [-0.25, -0.2) is 0 Å². The van der Waals surface area contributed by atoms with Crippen LogP contribution in [0.1, 0.15) is 59.8 Å². The highest BCUT2D eigenvalue weighted by Crippen LogP contribution is 2.52. The third-order valence-electron chi connectivity index (χ3n) is 5.61. The van der Waals surface area contributed by atoms with Crippen molar-refractivity contribution in [1.29, 1.82) is 0 Å². The van der Waals surface area contributed by atoms with E-state index in [0.717, 1.165) is 5.57 Å². The highest BCUT2D eigenvalue weighted by atomic mass is 16.5. The van der Waals surface area contributed by atoms with E-state index in [-0.39, 0.29) is 11.9 Å². The highest BCUT2D eigenvalue weighted by Gasteiger charge is 2.42. The molecule has 3 atom stereocenters. The van der Waals surface area contributed by atoms with Crippen LogP contribution in [0, 0.1) is 23.2 Å². The van der Waals surface area contributed by atoms with Gasteiger partial charge >= 0.3 is 5.97 Å². The quantitative estimate of drug-likeness (QED) is 0.543. The van der Waals surface area contributed by atoms with Gasteiger partial charge in [0.2, 0.25) is 0 Å². The number of carbonyl (C=O) groups excluding carboxylic acids is 1. The molecule has 1 saturated carbocycles. The number of esters is 1. The van der Waals surface area contributed by atoms with Crippen LogP contribution in [0.25, 0.3) is 0 Å². The van der Waals surface area contributed by atoms with E-state index in [2.05, 4.69) is 26.5 Å². The largest absolute Gasteiger partial charge is 0.461 e. The number of fused-ring (bicyclic) bond motifs is 1. The van der Waals surface area contributed by atoms with Crippen molar-refractivity contribution >= 4 is 5.97 Å². The Kier molecular flexibility index (Phi) is 4.95. The van der Waals surface area contributed by atoms with E-state index in [4.69, 9.17) is 4.74 Å². The first-order chi connectivity index (χ1) is 9.83. The predicted molar refractivity (Wildman–Crippen MR) is 86.9 cm³/mol. The topological polar surface area (TPSA) is 26.3 Å². The fraction of sp³-hybridized carbons (Fsp3) is 0.737. The molecule has 0 N–H and O–H groups in total. The molecule has 2 aliphatic rings. The van der Waals surface area contributed by atoms with Crippen LogP contribution in [0.5, 0.6) is 0 Å². The summed E-state index contributed by atoms with van der Waals surface area (Å²) in [5.74, 6) is 1.01. The molecule has 21 heavy (non-hydrogen) atoms. The molecule has 0 bridgehead atoms. The lowest BCUT2D eigenvalue weighted by atomic mass is 9.57. The minimum absolute atomic E-state index is 0.0593. The monoisotopic (exact) mass is 290 g/mol. The molecule has 2 heteroatoms. The van der Waals surface area contributed by atoms with Crippen LogP contribution in [-0.2, 0) is 9.53 Å². The molecule has 2 rings (SSSR count). The summed E-state index contributed by atoms with van der Waals surface area (Å²) in [4.78, 5) is 11.6. The summed E-state index contributed by atoms with van der Waals surface area (Å²) in [5.41, 5.74) is 3.13. The van der Waals surface area contributed by atoms with Crippen molar-refractivity contribution in [3.05, 3.63) is 23.8 Å². The standard InChI is InChI=1S/C19H30O2/c1-13(2)18(20)21-12-15(4)16-8-10-19(5)9-6-7-14(3)17(19)11-16/h7,13,16-17H,4,6,8-12H2,1-3,5H3. The number of hydrogen-bond acceptors (Lipinski definition) is 2. The lowest BCUT2D eigenvalue weighted by Gasteiger charge is -2.48. The van der Waals surface area contributed by atoms with Crippen LogP contribution in [0.2, 0.25) is 0 Å². The molecule has 0 heterocycles. The zero-order valence-electron chi connectivity index (χ0n) is 14.1. The maximum atomic E-state index is 11.6. The molecule has 118 valence electrons. The number of ether oxygens (including phenoxy) is 1. The molecule has 0 saturated heterocycles. The Bertz CT molecular complexity index is 446. The smallest absolute Gasteiger partial charge is 0.308 e. The zero-order chi connectivity index (χ0) is 15.6. The second-order valence-electron chi connectivity index (χ2n) is 7.59. The molecule has 0 spiro atoms. The van der Waals surface area contributed by atoms with Crippen molar-refractivity contribution in [2.75, 3.05) is 6.61 Å². The molecule has 0 aromatic heterocycles. The van der Waals surface area contributed by atoms with Gasteiger partial charge in [-0.05, 0) is 61.9 Å². The predicted octanol–water partition coefficient (Wildman–Crippen LogP) is 4.90. The molecule has 0 aromatic carbocycles. The minimum Gasteiger partial charge on any atom is -0.461 e. The van der Waals surface area contributed by atoms with Crippen LogP contribution in [0.15, 0.2) is 23.8 Å². The van der Waals surface area contributed by atoms with E-state index >= 15 is 0 Å². The molecule has 2 nitrogen and oxygen atoms in total. The molecular weight excluding hydrogens is 260 g/mol. The van der Waals surface area contributed by atoms with Crippen molar-refractivity contribution in [2.45, 2.75) is 59.8 Å². The average molecular weight is 290 g/mol. The van der Waals surface area contributed by atoms with Gasteiger partial charge in [0.25, 0.3) is 0 Å². The van der Waals surface area contributed by atoms with Gasteiger partial charge in [0.15, 0.2) is 0 Å². The Morgan fingerprint density at radius 1 is 1.48 bits per heavy atom. The summed E-state index contributed by atoms with van der Waals surface area (Å²) in [5, 5.41) is 0. The average Bonchev–Trinajstić information content (AvgIpc) is 2.43. The van der Waals surface area contributed by atoms with Gasteiger partial charge in [0.1, 0.15) is 6.61 Å². The van der Waals surface area contributed by atoms with Crippen molar-refractivity contribution < 1.29 is 9.53 Å². The molecule has 3 unspecified atom stereocenters. The highest BCUT2D eigenvalue weighted by molar-refractivity contribution is 5.71. The molecular formula is C19H30O2. The summed E-state index contributed by atoms with van der Waals surface area (Å²) < 4.78 is 5.35. The Balaban J connectivity index is 1.94. The normalized spacial score (nSPS) is 32.3. The molecule has 0 aliphatic heterocycles. The van der Waals surface area contributed by atoms with Gasteiger partial charge in [-0.3, -0.25) is 4.79 Å². The Labute approximate surface area is 129 Å². The number of allylic oxidation sites excluding steroid dienone is 2. The van der Waals surface area contributed by atoms with Gasteiger partial charge in [-0.1, -0.05) is 39.0 Å². The maximum Gasteiger partial charge on any atom is 0.308 e. The number of rotatable bonds is 4. The lowest BCUT2D eigenvalue weighted by Crippen LogP contribution is -2.37. The van der Waals surface area contributed by atoms with Gasteiger partial charge in [-0.2, -0.15) is 0 Å². The van der Waals surface area contributed by atoms with Crippen LogP contribution in [-0.4, -0.2) is 12.6 Å². The van der Waals surface area contributed by atoms with Crippen molar-refractivity contribution in [3.63, 3.8) is 0 Å². The minimum atomic E-state index is -0.120. The summed E-state index contributed by atoms with van der Waals surface area (Å²) in [7, 11) is 0. The molecule has 0 radical (unpaired) electrons. The van der Waals surface area contributed by atoms with Gasteiger partial charge < -0.3 is 4.74 Å². The third kappa shape index (κ3) is 3.59. The molecule has 2 aliphatic carbocycles. The first-order valence-corrected chi connectivity index (χ1v) is 8.34. The maximum absolute atomic E-state index is 11.6. The summed E-state index contributed by atoms with van der Waals surface area (Å²) >= 11 is 0. The van der Waals surface area contributed by atoms with E-state index in [1.807, 2.05) is 13.8 Å². The number of hydrogen-bond donors (Lipinski definition) is 0. The zero-order valence-corrected chi connectivity index (χ0v) is 14.1. The number of carbonyl (C=O) groups is 1. The summed E-state index contributed by atoms with van der Waals surface area (Å²) in [6.07, 6.45) is 8.60. The van der Waals surface area contributed by atoms with E-state index in [9.17, 15) is 4.79 Å². The molecule has 0 aromatic rings. The van der Waals surface area contributed by atoms with Crippen LogP contribution in [0.3, 0.4) is 0 Å². The van der Waals surface area contributed by atoms with Crippen molar-refractivity contribution in [1.82, 2.24) is 0 Å². The first kappa shape index (κ1) is 16.3. The van der Waals surface area contributed by atoms with Gasteiger partial charge in [0, 0.05) is 0 Å². The Morgan fingerprint density at radius 2 is 2.19 bits per heavy atom. The van der Waals surface area contributed by atoms with Crippen molar-refractivity contribution in [3.8, 4) is 0 Å².